The van der Waals surface area contributed by atoms with E-state index in [4.69, 9.17) is 18.3 Å². The third-order valence-electron chi connectivity index (χ3n) is 4.37. The van der Waals surface area contributed by atoms with Crippen LogP contribution in [0, 0.1) is 6.92 Å². The highest BCUT2D eigenvalue weighted by atomic mass is 16.5. The molecule has 0 spiro atoms. The van der Waals surface area contributed by atoms with Crippen molar-refractivity contribution in [3.8, 4) is 11.5 Å². The second-order valence-electron chi connectivity index (χ2n) is 6.15. The third kappa shape index (κ3) is 3.48. The summed E-state index contributed by atoms with van der Waals surface area (Å²) >= 11 is 0. The molecule has 8 nitrogen and oxygen atoms in total. The molecule has 28 heavy (non-hydrogen) atoms. The zero-order valence-electron chi connectivity index (χ0n) is 15.5. The molecule has 0 saturated carbocycles. The lowest BCUT2D eigenvalue weighted by Crippen LogP contribution is -2.19. The number of aryl methyl sites for hydroxylation is 1. The monoisotopic (exact) mass is 386 g/mol. The van der Waals surface area contributed by atoms with Crippen molar-refractivity contribution in [2.45, 2.75) is 19.3 Å². The Hall–Kier alpha value is -3.55. The van der Waals surface area contributed by atoms with E-state index in [0.29, 0.717) is 11.3 Å². The van der Waals surface area contributed by atoms with E-state index in [1.54, 1.807) is 12.1 Å². The van der Waals surface area contributed by atoms with Crippen LogP contribution in [0.25, 0.3) is 11.0 Å². The zero-order chi connectivity index (χ0) is 20.4. The molecule has 0 aliphatic rings. The van der Waals surface area contributed by atoms with Gasteiger partial charge in [-0.15, -0.1) is 0 Å². The molecule has 2 aromatic heterocycles. The molecule has 0 bridgehead atoms. The minimum absolute atomic E-state index is 0.0372. The van der Waals surface area contributed by atoms with Crippen molar-refractivity contribution in [1.82, 2.24) is 0 Å². The summed E-state index contributed by atoms with van der Waals surface area (Å²) in [5.74, 6) is -1.94. The second kappa shape index (κ2) is 7.59. The molecule has 2 heterocycles. The molecular weight excluding hydrogens is 368 g/mol. The van der Waals surface area contributed by atoms with Crippen LogP contribution in [0.4, 0.5) is 0 Å². The maximum atomic E-state index is 13.1. The fourth-order valence-corrected chi connectivity index (χ4v) is 2.95. The minimum atomic E-state index is -1.08. The van der Waals surface area contributed by atoms with Gasteiger partial charge in [-0.3, -0.25) is 14.4 Å². The first-order valence-corrected chi connectivity index (χ1v) is 8.35. The Kier molecular flexibility index (Phi) is 5.21. The highest BCUT2D eigenvalue weighted by molar-refractivity contribution is 5.79. The van der Waals surface area contributed by atoms with E-state index in [-0.39, 0.29) is 28.9 Å². The number of rotatable bonds is 5. The average Bonchev–Trinajstić information content (AvgIpc) is 2.69. The molecule has 0 amide bonds. The van der Waals surface area contributed by atoms with Crippen molar-refractivity contribution in [2.24, 2.45) is 0 Å². The number of methoxy groups -OCH3 is 2. The number of fused-ring (bicyclic) bond motifs is 1. The van der Waals surface area contributed by atoms with Gasteiger partial charge in [-0.1, -0.05) is 0 Å². The normalized spacial score (nSPS) is 12.0. The first-order valence-electron chi connectivity index (χ1n) is 8.35. The predicted molar refractivity (Wildman–Crippen MR) is 98.9 cm³/mol. The van der Waals surface area contributed by atoms with Crippen molar-refractivity contribution < 1.29 is 28.2 Å². The van der Waals surface area contributed by atoms with Gasteiger partial charge in [-0.05, 0) is 25.1 Å². The number of ether oxygens (including phenoxy) is 2. The number of benzene rings is 1. The molecule has 1 N–H and O–H groups in total. The molecule has 3 aromatic rings. The van der Waals surface area contributed by atoms with Gasteiger partial charge < -0.3 is 23.4 Å². The standard InChI is InChI=1S/C20H18O8/c1-10-6-15(21)19(24)20(28-10)12(8-17(22)26-3)14-9-27-16-5-4-11(25-2)7-13(16)18(14)23/h4-7,9,12,24H,8H2,1-3H3. The Labute approximate surface area is 158 Å². The molecule has 1 unspecified atom stereocenters. The molecule has 8 heteroatoms. The number of aromatic hydroxyl groups is 1. The summed E-state index contributed by atoms with van der Waals surface area (Å²) in [7, 11) is 2.66. The van der Waals surface area contributed by atoms with E-state index in [1.165, 1.54) is 33.5 Å². The van der Waals surface area contributed by atoms with Crippen LogP contribution in [0.1, 0.15) is 29.4 Å². The smallest absolute Gasteiger partial charge is 0.306 e. The van der Waals surface area contributed by atoms with Gasteiger partial charge in [-0.25, -0.2) is 0 Å². The molecule has 0 aliphatic heterocycles. The zero-order valence-corrected chi connectivity index (χ0v) is 15.5. The molecular formula is C20H18O8. The predicted octanol–water partition coefficient (Wildman–Crippen LogP) is 2.46. The van der Waals surface area contributed by atoms with Crippen molar-refractivity contribution >= 4 is 16.9 Å². The van der Waals surface area contributed by atoms with Crippen LogP contribution in [0.15, 0.2) is 49.0 Å². The van der Waals surface area contributed by atoms with E-state index in [1.807, 2.05) is 0 Å². The number of esters is 1. The summed E-state index contributed by atoms with van der Waals surface area (Å²) in [5, 5.41) is 10.4. The quantitative estimate of drug-likeness (QED) is 0.665. The van der Waals surface area contributed by atoms with Crippen molar-refractivity contribution in [3.05, 3.63) is 68.1 Å². The summed E-state index contributed by atoms with van der Waals surface area (Å²) < 4.78 is 20.9. The molecule has 0 aliphatic carbocycles. The largest absolute Gasteiger partial charge is 0.502 e. The van der Waals surface area contributed by atoms with E-state index in [0.717, 1.165) is 6.07 Å². The average molecular weight is 386 g/mol. The van der Waals surface area contributed by atoms with Crippen LogP contribution in [0.2, 0.25) is 0 Å². The summed E-state index contributed by atoms with van der Waals surface area (Å²) in [6.45, 7) is 1.52. The molecule has 3 rings (SSSR count). The van der Waals surface area contributed by atoms with E-state index in [2.05, 4.69) is 0 Å². The molecule has 0 radical (unpaired) electrons. The van der Waals surface area contributed by atoms with Crippen LogP contribution >= 0.6 is 0 Å². The SMILES string of the molecule is COC(=O)CC(c1oc(C)cc(=O)c1O)c1coc2ccc(OC)cc2c1=O. The van der Waals surface area contributed by atoms with Crippen molar-refractivity contribution in [3.63, 3.8) is 0 Å². The first-order chi connectivity index (χ1) is 13.3. The minimum Gasteiger partial charge on any atom is -0.502 e. The van der Waals surface area contributed by atoms with Crippen molar-refractivity contribution in [2.75, 3.05) is 14.2 Å². The lowest BCUT2D eigenvalue weighted by atomic mass is 9.92. The maximum absolute atomic E-state index is 13.1. The Bertz CT molecular complexity index is 1160. The maximum Gasteiger partial charge on any atom is 0.306 e. The fraction of sp³-hybridized carbons (Fsp3) is 0.250. The van der Waals surface area contributed by atoms with Crippen molar-refractivity contribution in [1.29, 1.82) is 0 Å². The van der Waals surface area contributed by atoms with E-state index in [9.17, 15) is 19.5 Å². The topological polar surface area (TPSA) is 116 Å². The van der Waals surface area contributed by atoms with Gasteiger partial charge in [0.25, 0.3) is 0 Å². The second-order valence-corrected chi connectivity index (χ2v) is 6.15. The van der Waals surface area contributed by atoms with E-state index < -0.39 is 28.5 Å². The third-order valence-corrected chi connectivity index (χ3v) is 4.37. The summed E-state index contributed by atoms with van der Waals surface area (Å²) in [6, 6.07) is 5.84. The van der Waals surface area contributed by atoms with Gasteiger partial charge in [0.05, 0.1) is 38.2 Å². The van der Waals surface area contributed by atoms with E-state index >= 15 is 0 Å². The van der Waals surface area contributed by atoms with Crippen LogP contribution in [-0.2, 0) is 9.53 Å². The summed E-state index contributed by atoms with van der Waals surface area (Å²) in [4.78, 5) is 37.0. The lowest BCUT2D eigenvalue weighted by Gasteiger charge is -2.16. The molecule has 0 fully saturated rings. The molecule has 146 valence electrons. The Morgan fingerprint density at radius 2 is 1.96 bits per heavy atom. The highest BCUT2D eigenvalue weighted by Gasteiger charge is 2.29. The van der Waals surface area contributed by atoms with Gasteiger partial charge in [0, 0.05) is 11.6 Å². The van der Waals surface area contributed by atoms with Crippen LogP contribution < -0.4 is 15.6 Å². The highest BCUT2D eigenvalue weighted by Crippen LogP contribution is 2.33. The summed E-state index contributed by atoms with van der Waals surface area (Å²) in [5.41, 5.74) is -0.769. The Balaban J connectivity index is 2.27. The molecule has 1 aromatic carbocycles. The molecule has 0 saturated heterocycles. The number of carbonyl (C=O) groups excluding carboxylic acids is 1. The van der Waals surface area contributed by atoms with Crippen LogP contribution in [-0.4, -0.2) is 25.3 Å². The van der Waals surface area contributed by atoms with Gasteiger partial charge in [-0.2, -0.15) is 0 Å². The number of hydrogen-bond donors (Lipinski definition) is 1. The summed E-state index contributed by atoms with van der Waals surface area (Å²) in [6.07, 6.45) is 0.850. The van der Waals surface area contributed by atoms with Gasteiger partial charge in [0.1, 0.15) is 17.1 Å². The van der Waals surface area contributed by atoms with Crippen LogP contribution in [0.3, 0.4) is 0 Å². The number of carbonyl (C=O) groups is 1. The number of hydrogen-bond acceptors (Lipinski definition) is 8. The van der Waals surface area contributed by atoms with Crippen LogP contribution in [0.5, 0.6) is 11.5 Å². The van der Waals surface area contributed by atoms with Gasteiger partial charge >= 0.3 is 5.97 Å². The molecule has 1 atom stereocenters. The van der Waals surface area contributed by atoms with Gasteiger partial charge in [0.15, 0.2) is 11.2 Å². The first kappa shape index (κ1) is 19.2. The Morgan fingerprint density at radius 1 is 1.21 bits per heavy atom. The van der Waals surface area contributed by atoms with Gasteiger partial charge in [0.2, 0.25) is 11.2 Å². The fourth-order valence-electron chi connectivity index (χ4n) is 2.95. The lowest BCUT2D eigenvalue weighted by molar-refractivity contribution is -0.140. The Morgan fingerprint density at radius 3 is 2.64 bits per heavy atom.